The lowest BCUT2D eigenvalue weighted by Gasteiger charge is -2.24. The van der Waals surface area contributed by atoms with Gasteiger partial charge in [0.1, 0.15) is 10.6 Å². The van der Waals surface area contributed by atoms with E-state index in [2.05, 4.69) is 0 Å². The van der Waals surface area contributed by atoms with Crippen LogP contribution < -0.4 is 14.8 Å². The normalized spacial score (nSPS) is 14.7. The Labute approximate surface area is 187 Å². The molecule has 10 heteroatoms. The first-order valence-corrected chi connectivity index (χ1v) is 11.8. The molecule has 0 amide bonds. The number of sulfonamides is 1. The minimum atomic E-state index is -4.27. The predicted molar refractivity (Wildman–Crippen MR) is 117 cm³/mol. The standard InChI is InChI=1S/C22H26N2O7S/c1-3-29-21(25)15(2)30-22(26)16-13-18(24-11-7-8-12-24)20(19(14-16)32(23,27)28)31-17-9-5-4-6-10-17/h4-6,9-10,13-15H,3,7-8,11-12H2,1-2H3,(H2,23,27,28)/t15-/m1/s1. The number of primary sulfonamides is 1. The van der Waals surface area contributed by atoms with Crippen molar-refractivity contribution in [3.8, 4) is 11.5 Å². The van der Waals surface area contributed by atoms with Crippen LogP contribution in [0.25, 0.3) is 0 Å². The first kappa shape index (κ1) is 23.6. The van der Waals surface area contributed by atoms with E-state index in [0.717, 1.165) is 18.9 Å². The molecule has 2 aromatic rings. The molecule has 0 saturated carbocycles. The summed E-state index contributed by atoms with van der Waals surface area (Å²) in [6, 6.07) is 11.3. The molecular weight excluding hydrogens is 436 g/mol. The third-order valence-electron chi connectivity index (χ3n) is 4.89. The number of ether oxygens (including phenoxy) is 3. The van der Waals surface area contributed by atoms with Gasteiger partial charge in [0.25, 0.3) is 0 Å². The minimum absolute atomic E-state index is 0.0376. The summed E-state index contributed by atoms with van der Waals surface area (Å²) in [5.41, 5.74) is 0.348. The molecular formula is C22H26N2O7S. The van der Waals surface area contributed by atoms with E-state index in [4.69, 9.17) is 19.3 Å². The van der Waals surface area contributed by atoms with Crippen LogP contribution in [0.15, 0.2) is 47.4 Å². The predicted octanol–water partition coefficient (Wildman–Crippen LogP) is 2.83. The van der Waals surface area contributed by atoms with Gasteiger partial charge in [-0.1, -0.05) is 18.2 Å². The zero-order valence-electron chi connectivity index (χ0n) is 17.9. The van der Waals surface area contributed by atoms with Crippen molar-refractivity contribution in [1.82, 2.24) is 0 Å². The molecule has 2 N–H and O–H groups in total. The van der Waals surface area contributed by atoms with Crippen LogP contribution in [-0.4, -0.2) is 46.2 Å². The number of anilines is 1. The highest BCUT2D eigenvalue weighted by atomic mass is 32.2. The molecule has 1 fully saturated rings. The van der Waals surface area contributed by atoms with Gasteiger partial charge in [-0.3, -0.25) is 0 Å². The van der Waals surface area contributed by atoms with Crippen LogP contribution in [0.5, 0.6) is 11.5 Å². The van der Waals surface area contributed by atoms with Crippen LogP contribution in [-0.2, 0) is 24.3 Å². The van der Waals surface area contributed by atoms with Crippen LogP contribution in [0.4, 0.5) is 5.69 Å². The van der Waals surface area contributed by atoms with Crippen LogP contribution >= 0.6 is 0 Å². The van der Waals surface area contributed by atoms with Crippen molar-refractivity contribution in [2.24, 2.45) is 5.14 Å². The lowest BCUT2D eigenvalue weighted by molar-refractivity contribution is -0.152. The number of hydrogen-bond donors (Lipinski definition) is 1. The van der Waals surface area contributed by atoms with Crippen molar-refractivity contribution < 1.29 is 32.2 Å². The number of carbonyl (C=O) groups is 2. The molecule has 3 rings (SSSR count). The number of hydrogen-bond acceptors (Lipinski definition) is 8. The maximum Gasteiger partial charge on any atom is 0.347 e. The molecule has 1 atom stereocenters. The lowest BCUT2D eigenvalue weighted by Crippen LogP contribution is -2.27. The molecule has 2 aromatic carbocycles. The number of rotatable bonds is 8. The molecule has 0 bridgehead atoms. The van der Waals surface area contributed by atoms with E-state index in [0.29, 0.717) is 24.5 Å². The summed E-state index contributed by atoms with van der Waals surface area (Å²) in [6.07, 6.45) is 0.657. The Morgan fingerprint density at radius 3 is 2.38 bits per heavy atom. The van der Waals surface area contributed by atoms with Gasteiger partial charge < -0.3 is 19.1 Å². The summed E-state index contributed by atoms with van der Waals surface area (Å²) >= 11 is 0. The highest BCUT2D eigenvalue weighted by molar-refractivity contribution is 7.89. The fraction of sp³-hybridized carbons (Fsp3) is 0.364. The fourth-order valence-corrected chi connectivity index (χ4v) is 4.05. The first-order chi connectivity index (χ1) is 15.2. The van der Waals surface area contributed by atoms with Crippen molar-refractivity contribution in [2.45, 2.75) is 37.7 Å². The maximum absolute atomic E-state index is 12.8. The molecule has 0 spiro atoms. The summed E-state index contributed by atoms with van der Waals surface area (Å²) in [4.78, 5) is 26.2. The quantitative estimate of drug-likeness (QED) is 0.594. The van der Waals surface area contributed by atoms with Gasteiger partial charge >= 0.3 is 11.9 Å². The average Bonchev–Trinajstić information content (AvgIpc) is 3.28. The number of para-hydroxylation sites is 1. The van der Waals surface area contributed by atoms with Crippen molar-refractivity contribution in [2.75, 3.05) is 24.6 Å². The second-order valence-electron chi connectivity index (χ2n) is 7.28. The number of nitrogens with zero attached hydrogens (tertiary/aromatic N) is 1. The third kappa shape index (κ3) is 5.57. The maximum atomic E-state index is 12.8. The van der Waals surface area contributed by atoms with Crippen molar-refractivity contribution in [3.05, 3.63) is 48.0 Å². The molecule has 32 heavy (non-hydrogen) atoms. The molecule has 1 heterocycles. The van der Waals surface area contributed by atoms with E-state index in [9.17, 15) is 18.0 Å². The molecule has 0 aromatic heterocycles. The Morgan fingerprint density at radius 1 is 1.12 bits per heavy atom. The van der Waals surface area contributed by atoms with Gasteiger partial charge in [0, 0.05) is 13.1 Å². The Bertz CT molecular complexity index is 1080. The highest BCUT2D eigenvalue weighted by Gasteiger charge is 2.29. The van der Waals surface area contributed by atoms with E-state index < -0.39 is 28.1 Å². The Morgan fingerprint density at radius 2 is 1.78 bits per heavy atom. The first-order valence-electron chi connectivity index (χ1n) is 10.3. The summed E-state index contributed by atoms with van der Waals surface area (Å²) in [7, 11) is -4.27. The number of carbonyl (C=O) groups excluding carboxylic acids is 2. The van der Waals surface area contributed by atoms with E-state index in [-0.39, 0.29) is 22.8 Å². The Hall–Kier alpha value is -3.11. The van der Waals surface area contributed by atoms with E-state index in [1.54, 1.807) is 37.3 Å². The van der Waals surface area contributed by atoms with Gasteiger partial charge in [-0.05, 0) is 51.0 Å². The van der Waals surface area contributed by atoms with Crippen molar-refractivity contribution in [3.63, 3.8) is 0 Å². The largest absolute Gasteiger partial charge is 0.463 e. The Kier molecular flexibility index (Phi) is 7.37. The smallest absolute Gasteiger partial charge is 0.347 e. The number of nitrogens with two attached hydrogens (primary N) is 1. The van der Waals surface area contributed by atoms with E-state index in [1.165, 1.54) is 13.0 Å². The van der Waals surface area contributed by atoms with Gasteiger partial charge in [-0.25, -0.2) is 23.1 Å². The molecule has 0 unspecified atom stereocenters. The van der Waals surface area contributed by atoms with Crippen LogP contribution in [0.2, 0.25) is 0 Å². The molecule has 9 nitrogen and oxygen atoms in total. The van der Waals surface area contributed by atoms with E-state index >= 15 is 0 Å². The summed E-state index contributed by atoms with van der Waals surface area (Å²) in [5.74, 6) is -1.11. The average molecular weight is 463 g/mol. The second-order valence-corrected chi connectivity index (χ2v) is 8.81. The molecule has 1 saturated heterocycles. The topological polar surface area (TPSA) is 125 Å². The van der Waals surface area contributed by atoms with E-state index in [1.807, 2.05) is 4.90 Å². The van der Waals surface area contributed by atoms with Gasteiger partial charge in [0.2, 0.25) is 10.0 Å². The van der Waals surface area contributed by atoms with Crippen LogP contribution in [0.3, 0.4) is 0 Å². The third-order valence-corrected chi connectivity index (χ3v) is 5.81. The van der Waals surface area contributed by atoms with Gasteiger partial charge in [-0.15, -0.1) is 0 Å². The molecule has 1 aliphatic heterocycles. The number of esters is 2. The molecule has 1 aliphatic rings. The number of benzene rings is 2. The van der Waals surface area contributed by atoms with Gasteiger partial charge in [0.05, 0.1) is 17.9 Å². The zero-order chi connectivity index (χ0) is 23.3. The second kappa shape index (κ2) is 10.0. The molecule has 0 aliphatic carbocycles. The minimum Gasteiger partial charge on any atom is -0.463 e. The zero-order valence-corrected chi connectivity index (χ0v) is 18.8. The van der Waals surface area contributed by atoms with Crippen molar-refractivity contribution >= 4 is 27.6 Å². The van der Waals surface area contributed by atoms with Gasteiger partial charge in [-0.2, -0.15) is 0 Å². The monoisotopic (exact) mass is 462 g/mol. The lowest BCUT2D eigenvalue weighted by atomic mass is 10.1. The van der Waals surface area contributed by atoms with Crippen molar-refractivity contribution in [1.29, 1.82) is 0 Å². The van der Waals surface area contributed by atoms with Gasteiger partial charge in [0.15, 0.2) is 11.9 Å². The van der Waals surface area contributed by atoms with Crippen LogP contribution in [0, 0.1) is 0 Å². The van der Waals surface area contributed by atoms with Crippen LogP contribution in [0.1, 0.15) is 37.0 Å². The molecule has 172 valence electrons. The summed E-state index contributed by atoms with van der Waals surface area (Å²) in [5, 5.41) is 5.48. The molecule has 0 radical (unpaired) electrons. The fourth-order valence-electron chi connectivity index (χ4n) is 3.35. The Balaban J connectivity index is 2.07. The summed E-state index contributed by atoms with van der Waals surface area (Å²) < 4.78 is 40.9. The SMILES string of the molecule is CCOC(=O)[C@@H](C)OC(=O)c1cc(N2CCCC2)c(Oc2ccccc2)c(S(N)(=O)=O)c1. The highest BCUT2D eigenvalue weighted by Crippen LogP contribution is 2.40. The summed E-state index contributed by atoms with van der Waals surface area (Å²) in [6.45, 7) is 4.48.